The minimum absolute atomic E-state index is 0.753. The van der Waals surface area contributed by atoms with Gasteiger partial charge in [-0.05, 0) is 0 Å². The van der Waals surface area contributed by atoms with E-state index in [1.807, 2.05) is 24.9 Å². The molecule has 0 aliphatic heterocycles. The van der Waals surface area contributed by atoms with E-state index in [0.29, 0.717) is 0 Å². The first-order valence-electron chi connectivity index (χ1n) is 8.73. The van der Waals surface area contributed by atoms with Crippen LogP contribution < -0.4 is 0 Å². The van der Waals surface area contributed by atoms with Crippen LogP contribution in [0.1, 0.15) is 41.5 Å². The second-order valence-corrected chi connectivity index (χ2v) is 23.2. The van der Waals surface area contributed by atoms with Crippen molar-refractivity contribution in [1.82, 2.24) is 14.7 Å². The third-order valence-electron chi connectivity index (χ3n) is 3.45. The summed E-state index contributed by atoms with van der Waals surface area (Å²) in [6.45, 7) is 19.0. The Hall–Kier alpha value is 2.58. The van der Waals surface area contributed by atoms with Crippen LogP contribution in [0.15, 0.2) is 0 Å². The average Bonchev–Trinajstić information content (AvgIpc) is 2.65. The Balaban J connectivity index is 0. The first-order chi connectivity index (χ1) is 12.4. The van der Waals surface area contributed by atoms with Crippen molar-refractivity contribution < 1.29 is 24.6 Å². The Bertz CT molecular complexity index is 381. The van der Waals surface area contributed by atoms with Crippen LogP contribution in [0.5, 0.6) is 0 Å². The summed E-state index contributed by atoms with van der Waals surface area (Å²) in [5, 5.41) is 0. The zero-order chi connectivity index (χ0) is 20.5. The summed E-state index contributed by atoms with van der Waals surface area (Å²) >= 11 is 15.9. The fourth-order valence-electron chi connectivity index (χ4n) is 1.76. The summed E-state index contributed by atoms with van der Waals surface area (Å²) in [5.74, 6) is 0. The molecule has 0 aromatic heterocycles. The molecule has 0 aromatic carbocycles. The molecule has 147 valence electrons. The first kappa shape index (κ1) is 30.8. The van der Waals surface area contributed by atoms with Gasteiger partial charge in [-0.25, -0.2) is 0 Å². The molecule has 0 N–H and O–H groups in total. The molecule has 11 heteroatoms. The SMILES string of the molecule is CCN(CC)C(=S)[S][Hg].CCN(CC)C(=S)[S][Pb][S]C(=S)N(CC)CC. The number of hydrogen-bond donors (Lipinski definition) is 0. The third-order valence-corrected chi connectivity index (χ3v) is 26.5. The number of hydrogen-bond acceptors (Lipinski definition) is 6. The molecule has 0 bridgehead atoms. The van der Waals surface area contributed by atoms with Gasteiger partial charge >= 0.3 is 216 Å². The Morgan fingerprint density at radius 1 is 0.654 bits per heavy atom. The molecule has 3 nitrogen and oxygen atoms in total. The quantitative estimate of drug-likeness (QED) is 0.244. The molecular formula is C15H30HgN3PbS6. The standard InChI is InChI=1S/3C5H11NS2.Hg.Pb/c3*1-3-6(4-2)5(7)8;;/h3*3-4H2,1-2H3,(H,7,8);;/q;;;+1;+2/p-3. The summed E-state index contributed by atoms with van der Waals surface area (Å²) in [6, 6.07) is 0. The molecule has 0 aliphatic rings. The monoisotopic (exact) mass is 854 g/mol. The van der Waals surface area contributed by atoms with Crippen LogP contribution in [0, 0.1) is 0 Å². The molecule has 0 saturated heterocycles. The van der Waals surface area contributed by atoms with Crippen molar-refractivity contribution in [3.63, 3.8) is 0 Å². The molecule has 0 aliphatic carbocycles. The maximum absolute atomic E-state index is 5.42. The van der Waals surface area contributed by atoms with Gasteiger partial charge in [-0.1, -0.05) is 0 Å². The van der Waals surface area contributed by atoms with Gasteiger partial charge in [0, 0.05) is 0 Å². The molecule has 0 saturated carbocycles. The molecule has 0 fully saturated rings. The predicted octanol–water partition coefficient (Wildman–Crippen LogP) is 5.05. The van der Waals surface area contributed by atoms with E-state index in [4.69, 9.17) is 36.7 Å². The van der Waals surface area contributed by atoms with E-state index in [1.165, 1.54) is 0 Å². The van der Waals surface area contributed by atoms with Crippen molar-refractivity contribution in [2.24, 2.45) is 0 Å². The summed E-state index contributed by atoms with van der Waals surface area (Å²) in [4.78, 5) is 6.70. The summed E-state index contributed by atoms with van der Waals surface area (Å²) in [5.41, 5.74) is 0. The zero-order valence-electron chi connectivity index (χ0n) is 16.7. The van der Waals surface area contributed by atoms with Crippen LogP contribution in [-0.2, 0) is 24.6 Å². The van der Waals surface area contributed by atoms with Crippen molar-refractivity contribution in [2.75, 3.05) is 39.3 Å². The molecule has 0 rings (SSSR count). The van der Waals surface area contributed by atoms with E-state index >= 15 is 0 Å². The van der Waals surface area contributed by atoms with Gasteiger partial charge in [0.2, 0.25) is 0 Å². The van der Waals surface area contributed by atoms with Crippen molar-refractivity contribution in [1.29, 1.82) is 0 Å². The van der Waals surface area contributed by atoms with Crippen LogP contribution >= 0.6 is 61.5 Å². The average molecular weight is 853 g/mol. The Morgan fingerprint density at radius 3 is 1.12 bits per heavy atom. The predicted molar refractivity (Wildman–Crippen MR) is 135 cm³/mol. The second kappa shape index (κ2) is 20.8. The van der Waals surface area contributed by atoms with Crippen LogP contribution in [0.4, 0.5) is 0 Å². The minimum atomic E-state index is -0.837. The van der Waals surface area contributed by atoms with E-state index < -0.39 is 21.2 Å². The van der Waals surface area contributed by atoms with Gasteiger partial charge < -0.3 is 0 Å². The maximum atomic E-state index is 5.42. The Labute approximate surface area is 212 Å². The molecule has 0 aromatic rings. The fourth-order valence-corrected chi connectivity index (χ4v) is 21.4. The van der Waals surface area contributed by atoms with Crippen molar-refractivity contribution in [3.8, 4) is 0 Å². The summed E-state index contributed by atoms with van der Waals surface area (Å²) < 4.78 is 3.21. The summed E-state index contributed by atoms with van der Waals surface area (Å²) in [6.07, 6.45) is 0. The second-order valence-electron chi connectivity index (χ2n) is 4.75. The Kier molecular flexibility index (Phi) is 24.7. The molecule has 0 unspecified atom stereocenters. The van der Waals surface area contributed by atoms with Crippen molar-refractivity contribution in [2.45, 2.75) is 41.5 Å². The topological polar surface area (TPSA) is 9.72 Å². The molecule has 26 heavy (non-hydrogen) atoms. The van der Waals surface area contributed by atoms with Gasteiger partial charge in [0.1, 0.15) is 0 Å². The fraction of sp³-hybridized carbons (Fsp3) is 0.800. The van der Waals surface area contributed by atoms with Gasteiger partial charge in [-0.2, -0.15) is 0 Å². The molecule has 0 spiro atoms. The molecule has 0 atom stereocenters. The van der Waals surface area contributed by atoms with Crippen LogP contribution in [0.25, 0.3) is 0 Å². The van der Waals surface area contributed by atoms with Crippen LogP contribution in [-0.4, -0.2) is 88.2 Å². The van der Waals surface area contributed by atoms with Gasteiger partial charge in [-0.3, -0.25) is 0 Å². The zero-order valence-corrected chi connectivity index (χ0v) is 31.0. The summed E-state index contributed by atoms with van der Waals surface area (Å²) in [7, 11) is 5.64. The molecule has 2 radical (unpaired) electrons. The molecule has 0 heterocycles. The number of rotatable bonds is 8. The van der Waals surface area contributed by atoms with E-state index in [0.717, 1.165) is 76.8 Å². The van der Waals surface area contributed by atoms with Crippen LogP contribution in [0.2, 0.25) is 0 Å². The van der Waals surface area contributed by atoms with E-state index in [-0.39, 0.29) is 0 Å². The van der Waals surface area contributed by atoms with E-state index in [1.54, 1.807) is 0 Å². The molecular weight excluding hydrogens is 822 g/mol. The molecule has 0 amide bonds. The third kappa shape index (κ3) is 14.5. The first-order valence-corrected chi connectivity index (χ1v) is 28.8. The van der Waals surface area contributed by atoms with Crippen LogP contribution in [0.3, 0.4) is 0 Å². The van der Waals surface area contributed by atoms with Gasteiger partial charge in [-0.15, -0.1) is 0 Å². The van der Waals surface area contributed by atoms with E-state index in [2.05, 4.69) is 56.2 Å². The number of nitrogens with zero attached hydrogens (tertiary/aromatic N) is 3. The van der Waals surface area contributed by atoms with Gasteiger partial charge in [0.15, 0.2) is 0 Å². The Morgan fingerprint density at radius 2 is 0.923 bits per heavy atom. The van der Waals surface area contributed by atoms with Gasteiger partial charge in [0.05, 0.1) is 0 Å². The van der Waals surface area contributed by atoms with Crippen molar-refractivity contribution >= 4 is 95.7 Å². The van der Waals surface area contributed by atoms with Gasteiger partial charge in [0.25, 0.3) is 0 Å². The van der Waals surface area contributed by atoms with E-state index in [9.17, 15) is 0 Å². The normalized spacial score (nSPS) is 9.85. The van der Waals surface area contributed by atoms with Crippen molar-refractivity contribution in [3.05, 3.63) is 0 Å². The number of thiocarbonyl (C=S) groups is 3.